The Kier molecular flexibility index (Phi) is 60.1. The van der Waals surface area contributed by atoms with Crippen LogP contribution in [0.3, 0.4) is 0 Å². The molecule has 0 aliphatic rings. The van der Waals surface area contributed by atoms with Crippen molar-refractivity contribution < 1.29 is 28.6 Å². The molecule has 0 aliphatic heterocycles. The van der Waals surface area contributed by atoms with Crippen molar-refractivity contribution in [1.29, 1.82) is 0 Å². The minimum Gasteiger partial charge on any atom is -0.462 e. The van der Waals surface area contributed by atoms with Crippen LogP contribution in [0.4, 0.5) is 0 Å². The van der Waals surface area contributed by atoms with Crippen LogP contribution in [0.5, 0.6) is 0 Å². The minimum absolute atomic E-state index is 0.126. The topological polar surface area (TPSA) is 78.9 Å². The van der Waals surface area contributed by atoms with Crippen molar-refractivity contribution in [2.45, 2.75) is 232 Å². The fourth-order valence-electron chi connectivity index (χ4n) is 7.56. The van der Waals surface area contributed by atoms with Gasteiger partial charge in [0.25, 0.3) is 0 Å². The third-order valence-corrected chi connectivity index (χ3v) is 12.1. The molecule has 6 nitrogen and oxygen atoms in total. The zero-order valence-electron chi connectivity index (χ0n) is 50.0. The lowest BCUT2D eigenvalue weighted by atomic mass is 10.1. The molecule has 0 aliphatic carbocycles. The third-order valence-electron chi connectivity index (χ3n) is 12.1. The highest BCUT2D eigenvalue weighted by atomic mass is 16.6. The summed E-state index contributed by atoms with van der Waals surface area (Å²) in [5, 5.41) is 0. The van der Waals surface area contributed by atoms with Crippen LogP contribution in [0, 0.1) is 0 Å². The number of ether oxygens (including phenoxy) is 3. The van der Waals surface area contributed by atoms with Crippen LogP contribution < -0.4 is 0 Å². The van der Waals surface area contributed by atoms with Gasteiger partial charge >= 0.3 is 17.9 Å². The summed E-state index contributed by atoms with van der Waals surface area (Å²) in [6.45, 7) is 6.20. The van der Waals surface area contributed by atoms with E-state index >= 15 is 0 Å². The molecule has 0 radical (unpaired) electrons. The number of allylic oxidation sites excluding steroid dienone is 32. The second-order valence-corrected chi connectivity index (χ2v) is 19.5. The van der Waals surface area contributed by atoms with Crippen molar-refractivity contribution in [3.63, 3.8) is 0 Å². The summed E-state index contributed by atoms with van der Waals surface area (Å²) in [5.74, 6) is -1.03. The van der Waals surface area contributed by atoms with Crippen molar-refractivity contribution in [1.82, 2.24) is 0 Å². The number of rotatable bonds is 53. The van der Waals surface area contributed by atoms with E-state index in [9.17, 15) is 14.4 Å². The SMILES string of the molecule is CC/C=C\C/C=C\C/C=C\C/C=C\C/C=C\C/C=C\C/C=C\C/C=C\CCCCCCC(=O)OCC(COC(=O)CCCC/C=C\C/C=C\C/C=C\C/C=C\CC)OC(=O)CCCCCC/C=C\C/C=C\C/C=C\C/C=C\CC. The Balaban J connectivity index is 4.51. The van der Waals surface area contributed by atoms with Gasteiger partial charge in [-0.1, -0.05) is 241 Å². The van der Waals surface area contributed by atoms with Gasteiger partial charge in [0.1, 0.15) is 13.2 Å². The second kappa shape index (κ2) is 64.8. The van der Waals surface area contributed by atoms with Gasteiger partial charge in [0.05, 0.1) is 0 Å². The Morgan fingerprint density at radius 3 is 0.722 bits per heavy atom. The lowest BCUT2D eigenvalue weighted by Crippen LogP contribution is -2.30. The standard InChI is InChI=1S/C73H110O6/c1-4-7-10-13-16-19-22-25-28-30-31-32-33-34-35-36-37-38-39-40-41-43-45-48-51-54-57-60-63-66-72(75)78-69-70(68-77-71(74)65-62-59-56-53-50-47-44-27-24-21-18-15-12-9-6-3)79-73(76)67-64-61-58-55-52-49-46-42-29-26-23-20-17-14-11-8-5-2/h7-12,16-21,25-29,31-32,34-35,37-38,40-41,44-46,48-50,53,70H,4-6,13-15,22-24,30,33,36,39,42-43,47,51-52,54-69H2,1-3H3/b10-7-,11-8-,12-9-,19-16-,20-17-,21-18-,28-25-,29-26-,32-31-,35-34-,38-37-,41-40-,44-27-,48-45-,49-46-,53-50-. The zero-order valence-corrected chi connectivity index (χ0v) is 50.0. The molecular formula is C73H110O6. The van der Waals surface area contributed by atoms with Crippen LogP contribution in [-0.2, 0) is 28.6 Å². The Labute approximate surface area is 484 Å². The summed E-state index contributed by atoms with van der Waals surface area (Å²) in [4.78, 5) is 38.3. The molecule has 6 heteroatoms. The molecule has 0 aromatic heterocycles. The van der Waals surface area contributed by atoms with Gasteiger partial charge in [0.15, 0.2) is 6.10 Å². The molecule has 0 saturated heterocycles. The first-order valence-corrected chi connectivity index (χ1v) is 30.9. The Morgan fingerprint density at radius 1 is 0.253 bits per heavy atom. The summed E-state index contributed by atoms with van der Waals surface area (Å²) in [7, 11) is 0. The van der Waals surface area contributed by atoms with Gasteiger partial charge in [-0.25, -0.2) is 0 Å². The molecule has 0 fully saturated rings. The van der Waals surface area contributed by atoms with Crippen LogP contribution in [0.1, 0.15) is 226 Å². The fourth-order valence-corrected chi connectivity index (χ4v) is 7.56. The van der Waals surface area contributed by atoms with Crippen molar-refractivity contribution in [2.75, 3.05) is 13.2 Å². The highest BCUT2D eigenvalue weighted by Gasteiger charge is 2.19. The molecule has 0 spiro atoms. The average Bonchev–Trinajstić information content (AvgIpc) is 3.45. The number of esters is 3. The lowest BCUT2D eigenvalue weighted by molar-refractivity contribution is -0.167. The molecule has 0 amide bonds. The van der Waals surface area contributed by atoms with Gasteiger partial charge in [-0.3, -0.25) is 14.4 Å². The van der Waals surface area contributed by atoms with E-state index in [-0.39, 0.29) is 44.0 Å². The van der Waals surface area contributed by atoms with Crippen LogP contribution in [-0.4, -0.2) is 37.2 Å². The van der Waals surface area contributed by atoms with Gasteiger partial charge < -0.3 is 14.2 Å². The Bertz CT molecular complexity index is 1920. The maximum absolute atomic E-state index is 12.9. The molecule has 438 valence electrons. The van der Waals surface area contributed by atoms with Gasteiger partial charge in [0.2, 0.25) is 0 Å². The minimum atomic E-state index is -0.832. The Hall–Kier alpha value is -5.75. The summed E-state index contributed by atoms with van der Waals surface area (Å²) in [6.07, 6.45) is 98.6. The maximum Gasteiger partial charge on any atom is 0.306 e. The third kappa shape index (κ3) is 63.0. The van der Waals surface area contributed by atoms with Crippen LogP contribution >= 0.6 is 0 Å². The van der Waals surface area contributed by atoms with E-state index in [0.717, 1.165) is 180 Å². The lowest BCUT2D eigenvalue weighted by Gasteiger charge is -2.18. The van der Waals surface area contributed by atoms with Gasteiger partial charge in [-0.15, -0.1) is 0 Å². The summed E-state index contributed by atoms with van der Waals surface area (Å²) in [6, 6.07) is 0. The highest BCUT2D eigenvalue weighted by Crippen LogP contribution is 2.12. The van der Waals surface area contributed by atoms with Gasteiger partial charge in [-0.2, -0.15) is 0 Å². The molecule has 1 unspecified atom stereocenters. The van der Waals surface area contributed by atoms with Crippen molar-refractivity contribution in [3.8, 4) is 0 Å². The van der Waals surface area contributed by atoms with E-state index in [0.29, 0.717) is 12.8 Å². The van der Waals surface area contributed by atoms with Gasteiger partial charge in [-0.05, 0) is 161 Å². The maximum atomic E-state index is 12.9. The highest BCUT2D eigenvalue weighted by molar-refractivity contribution is 5.71. The van der Waals surface area contributed by atoms with E-state index in [1.54, 1.807) is 0 Å². The normalized spacial score (nSPS) is 13.5. The molecule has 0 aromatic carbocycles. The first kappa shape index (κ1) is 73.2. The molecular weight excluding hydrogens is 973 g/mol. The molecule has 0 saturated carbocycles. The predicted molar refractivity (Wildman–Crippen MR) is 343 cm³/mol. The first-order valence-electron chi connectivity index (χ1n) is 30.9. The largest absolute Gasteiger partial charge is 0.462 e. The van der Waals surface area contributed by atoms with E-state index in [1.807, 2.05) is 0 Å². The predicted octanol–water partition coefficient (Wildman–Crippen LogP) is 21.4. The zero-order chi connectivity index (χ0) is 57.1. The summed E-state index contributed by atoms with van der Waals surface area (Å²) >= 11 is 0. The quantitative estimate of drug-likeness (QED) is 0.0261. The molecule has 0 bridgehead atoms. The van der Waals surface area contributed by atoms with Crippen molar-refractivity contribution >= 4 is 17.9 Å². The van der Waals surface area contributed by atoms with E-state index in [2.05, 4.69) is 215 Å². The van der Waals surface area contributed by atoms with Crippen LogP contribution in [0.15, 0.2) is 194 Å². The van der Waals surface area contributed by atoms with Crippen molar-refractivity contribution in [2.24, 2.45) is 0 Å². The number of unbranched alkanes of at least 4 members (excludes halogenated alkanes) is 10. The average molecular weight is 1080 g/mol. The smallest absolute Gasteiger partial charge is 0.306 e. The molecule has 0 N–H and O–H groups in total. The van der Waals surface area contributed by atoms with E-state index < -0.39 is 6.10 Å². The molecule has 79 heavy (non-hydrogen) atoms. The van der Waals surface area contributed by atoms with E-state index in [1.165, 1.54) is 0 Å². The molecule has 1 atom stereocenters. The molecule has 0 aromatic rings. The number of carbonyl (C=O) groups excluding carboxylic acids is 3. The van der Waals surface area contributed by atoms with E-state index in [4.69, 9.17) is 14.2 Å². The Morgan fingerprint density at radius 2 is 0.456 bits per heavy atom. The monoisotopic (exact) mass is 1080 g/mol. The van der Waals surface area contributed by atoms with Crippen molar-refractivity contribution in [3.05, 3.63) is 194 Å². The number of carbonyl (C=O) groups is 3. The second-order valence-electron chi connectivity index (χ2n) is 19.5. The number of hydrogen-bond donors (Lipinski definition) is 0. The van der Waals surface area contributed by atoms with Crippen LogP contribution in [0.2, 0.25) is 0 Å². The fraction of sp³-hybridized carbons (Fsp3) is 0.521. The number of hydrogen-bond acceptors (Lipinski definition) is 6. The first-order chi connectivity index (χ1) is 39.0. The molecule has 0 rings (SSSR count). The molecule has 0 heterocycles. The summed E-state index contributed by atoms with van der Waals surface area (Å²) in [5.41, 5.74) is 0. The summed E-state index contributed by atoms with van der Waals surface area (Å²) < 4.78 is 16.8. The van der Waals surface area contributed by atoms with Gasteiger partial charge in [0, 0.05) is 19.3 Å². The van der Waals surface area contributed by atoms with Crippen LogP contribution in [0.25, 0.3) is 0 Å².